The van der Waals surface area contributed by atoms with Crippen molar-refractivity contribution in [3.8, 4) is 35.4 Å². The van der Waals surface area contributed by atoms with E-state index in [2.05, 4.69) is 25.8 Å². The fraction of sp³-hybridized carbons (Fsp3) is 0.406. The highest BCUT2D eigenvalue weighted by Gasteiger charge is 2.49. The second kappa shape index (κ2) is 11.1. The highest BCUT2D eigenvalue weighted by molar-refractivity contribution is 6.03. The summed E-state index contributed by atoms with van der Waals surface area (Å²) in [6.45, 7) is 2.08. The van der Waals surface area contributed by atoms with Crippen molar-refractivity contribution in [1.82, 2.24) is 19.9 Å². The predicted octanol–water partition coefficient (Wildman–Crippen LogP) is 3.96. The third-order valence-corrected chi connectivity index (χ3v) is 8.97. The van der Waals surface area contributed by atoms with Crippen LogP contribution in [0, 0.1) is 24.0 Å². The molecule has 0 unspecified atom stereocenters. The summed E-state index contributed by atoms with van der Waals surface area (Å²) < 4.78 is 57.6. The number of hydrogen-bond acceptors (Lipinski definition) is 9. The molecule has 3 aliphatic rings. The van der Waals surface area contributed by atoms with Crippen LogP contribution in [-0.2, 0) is 4.74 Å². The fourth-order valence-corrected chi connectivity index (χ4v) is 6.94. The van der Waals surface area contributed by atoms with Gasteiger partial charge in [0.25, 0.3) is 0 Å². The van der Waals surface area contributed by atoms with Gasteiger partial charge in [0.05, 0.1) is 35.8 Å². The molecule has 0 saturated carbocycles. The molecule has 3 saturated heterocycles. The zero-order valence-electron chi connectivity index (χ0n) is 23.8. The number of hydrogen-bond donors (Lipinski definition) is 2. The lowest BCUT2D eigenvalue weighted by Gasteiger charge is -2.34. The van der Waals surface area contributed by atoms with Crippen LogP contribution < -0.4 is 9.64 Å². The van der Waals surface area contributed by atoms with Crippen molar-refractivity contribution in [3.05, 3.63) is 47.7 Å². The van der Waals surface area contributed by atoms with E-state index in [0.29, 0.717) is 37.3 Å². The smallest absolute Gasteiger partial charge is 0.319 e. The molecule has 2 aromatic heterocycles. The first-order valence-electron chi connectivity index (χ1n) is 14.6. The van der Waals surface area contributed by atoms with Crippen molar-refractivity contribution in [2.45, 2.75) is 37.1 Å². The number of aliphatic hydroxyl groups is 1. The van der Waals surface area contributed by atoms with Gasteiger partial charge in [-0.15, -0.1) is 6.42 Å². The Kier molecular flexibility index (Phi) is 7.19. The SMILES string of the molecule is C#Cc1c(F)ccc2cc(O)cc(-c3ncc4c(N5CCO[C@H](CO)C5)nc(OC[C@@]56CCCN5C[C@H](F)C6)nc4c3F)c12. The van der Waals surface area contributed by atoms with Gasteiger partial charge in [-0.05, 0) is 43.0 Å². The van der Waals surface area contributed by atoms with Crippen molar-refractivity contribution >= 4 is 27.5 Å². The average molecular weight is 606 g/mol. The maximum absolute atomic E-state index is 16.7. The molecule has 0 amide bonds. The van der Waals surface area contributed by atoms with E-state index >= 15 is 4.39 Å². The van der Waals surface area contributed by atoms with E-state index in [1.807, 2.05) is 4.90 Å². The molecule has 5 heterocycles. The number of aromatic hydroxyl groups is 1. The van der Waals surface area contributed by atoms with Gasteiger partial charge in [-0.2, -0.15) is 9.97 Å². The average Bonchev–Trinajstić information content (AvgIpc) is 3.55. The van der Waals surface area contributed by atoms with Crippen molar-refractivity contribution in [2.24, 2.45) is 0 Å². The molecule has 2 N–H and O–H groups in total. The second-order valence-corrected chi connectivity index (χ2v) is 11.7. The molecule has 0 spiro atoms. The number of aromatic nitrogens is 3. The molecule has 3 aliphatic heterocycles. The number of rotatable bonds is 6. The molecule has 9 nitrogen and oxygen atoms in total. The molecule has 0 radical (unpaired) electrons. The van der Waals surface area contributed by atoms with Gasteiger partial charge >= 0.3 is 6.01 Å². The lowest BCUT2D eigenvalue weighted by Crippen LogP contribution is -2.45. The van der Waals surface area contributed by atoms with Gasteiger partial charge in [-0.1, -0.05) is 12.0 Å². The summed E-state index contributed by atoms with van der Waals surface area (Å²) >= 11 is 0. The Labute approximate surface area is 251 Å². The highest BCUT2D eigenvalue weighted by atomic mass is 19.1. The number of phenols is 1. The molecule has 3 fully saturated rings. The van der Waals surface area contributed by atoms with Gasteiger partial charge in [0, 0.05) is 43.2 Å². The Hall–Kier alpha value is -4.18. The molecule has 7 rings (SSSR count). The molecule has 2 aromatic carbocycles. The maximum Gasteiger partial charge on any atom is 0.319 e. The van der Waals surface area contributed by atoms with E-state index in [1.165, 1.54) is 30.5 Å². The van der Waals surface area contributed by atoms with Crippen LogP contribution in [-0.4, -0.2) is 93.9 Å². The Morgan fingerprint density at radius 3 is 2.86 bits per heavy atom. The van der Waals surface area contributed by atoms with Crippen LogP contribution in [0.1, 0.15) is 24.8 Å². The molecule has 0 bridgehead atoms. The lowest BCUT2D eigenvalue weighted by atomic mass is 9.95. The number of alkyl halides is 1. The fourth-order valence-electron chi connectivity index (χ4n) is 6.94. The summed E-state index contributed by atoms with van der Waals surface area (Å²) in [5.41, 5.74) is -0.758. The molecule has 228 valence electrons. The van der Waals surface area contributed by atoms with Gasteiger partial charge < -0.3 is 24.6 Å². The van der Waals surface area contributed by atoms with E-state index in [1.54, 1.807) is 0 Å². The van der Waals surface area contributed by atoms with Crippen LogP contribution in [0.5, 0.6) is 11.8 Å². The third kappa shape index (κ3) is 4.76. The Morgan fingerprint density at radius 2 is 2.05 bits per heavy atom. The first kappa shape index (κ1) is 28.6. The Balaban J connectivity index is 1.38. The monoisotopic (exact) mass is 605 g/mol. The van der Waals surface area contributed by atoms with Crippen LogP contribution in [0.3, 0.4) is 0 Å². The van der Waals surface area contributed by atoms with E-state index in [-0.39, 0.29) is 64.6 Å². The van der Waals surface area contributed by atoms with E-state index in [4.69, 9.17) is 15.9 Å². The molecule has 3 atom stereocenters. The number of pyridine rings is 1. The molecular formula is C32H30F3N5O4. The van der Waals surface area contributed by atoms with Crippen LogP contribution in [0.2, 0.25) is 0 Å². The number of ether oxygens (including phenoxy) is 2. The van der Waals surface area contributed by atoms with Gasteiger partial charge in [-0.3, -0.25) is 9.88 Å². The zero-order chi connectivity index (χ0) is 30.6. The zero-order valence-corrected chi connectivity index (χ0v) is 23.8. The number of nitrogens with zero attached hydrogens (tertiary/aromatic N) is 5. The third-order valence-electron chi connectivity index (χ3n) is 8.97. The number of aliphatic hydroxyl groups excluding tert-OH is 1. The minimum Gasteiger partial charge on any atom is -0.508 e. The number of phenolic OH excluding ortho intramolecular Hbond substituents is 1. The maximum atomic E-state index is 16.7. The van der Waals surface area contributed by atoms with Crippen LogP contribution in [0.15, 0.2) is 30.5 Å². The Morgan fingerprint density at radius 1 is 1.18 bits per heavy atom. The summed E-state index contributed by atoms with van der Waals surface area (Å²) in [7, 11) is 0. The van der Waals surface area contributed by atoms with Crippen molar-refractivity contribution < 1.29 is 32.9 Å². The van der Waals surface area contributed by atoms with E-state index in [0.717, 1.165) is 19.4 Å². The number of halogens is 3. The Bertz CT molecular complexity index is 1820. The number of terminal acetylenes is 1. The molecule has 44 heavy (non-hydrogen) atoms. The summed E-state index contributed by atoms with van der Waals surface area (Å²) in [5.74, 6) is 0.998. The first-order chi connectivity index (χ1) is 21.3. The van der Waals surface area contributed by atoms with Crippen LogP contribution in [0.4, 0.5) is 19.0 Å². The molecular weight excluding hydrogens is 575 g/mol. The minimum atomic E-state index is -0.948. The van der Waals surface area contributed by atoms with E-state index in [9.17, 15) is 19.0 Å². The van der Waals surface area contributed by atoms with Gasteiger partial charge in [0.1, 0.15) is 41.4 Å². The predicted molar refractivity (Wildman–Crippen MR) is 157 cm³/mol. The van der Waals surface area contributed by atoms with Crippen molar-refractivity contribution in [2.75, 3.05) is 50.9 Å². The minimum absolute atomic E-state index is 0.0855. The summed E-state index contributed by atoms with van der Waals surface area (Å²) in [6, 6.07) is 5.25. The standard InChI is InChI=1S/C32H30F3N5O4/c1-2-22-25(34)5-4-18-10-20(42)11-23(26(18)22)28-27(35)29-24(13-36-28)30(39-8-9-43-21(15-39)16-41)38-31(37-29)44-17-32-6-3-7-40(32)14-19(33)12-32/h1,4-5,10-11,13,19,21,41-42H,3,6-9,12,14-17H2/t19-,21+,32+/m1/s1. The number of anilines is 1. The highest BCUT2D eigenvalue weighted by Crippen LogP contribution is 2.41. The topological polar surface area (TPSA) is 104 Å². The van der Waals surface area contributed by atoms with Crippen LogP contribution in [0.25, 0.3) is 32.9 Å². The summed E-state index contributed by atoms with van der Waals surface area (Å²) in [5, 5.41) is 21.1. The largest absolute Gasteiger partial charge is 0.508 e. The first-order valence-corrected chi connectivity index (χ1v) is 14.6. The summed E-state index contributed by atoms with van der Waals surface area (Å²) in [6.07, 6.45) is 7.68. The molecule has 12 heteroatoms. The number of morpholine rings is 1. The van der Waals surface area contributed by atoms with E-state index < -0.39 is 29.4 Å². The normalized spacial score (nSPS) is 23.8. The number of fused-ring (bicyclic) bond motifs is 3. The van der Waals surface area contributed by atoms with Crippen molar-refractivity contribution in [1.29, 1.82) is 0 Å². The molecule has 0 aliphatic carbocycles. The van der Waals surface area contributed by atoms with Crippen LogP contribution >= 0.6 is 0 Å². The lowest BCUT2D eigenvalue weighted by molar-refractivity contribution is 0.00339. The second-order valence-electron chi connectivity index (χ2n) is 11.7. The summed E-state index contributed by atoms with van der Waals surface area (Å²) in [4.78, 5) is 17.5. The molecule has 4 aromatic rings. The quantitative estimate of drug-likeness (QED) is 0.316. The van der Waals surface area contributed by atoms with Gasteiger partial charge in [0.2, 0.25) is 0 Å². The van der Waals surface area contributed by atoms with Crippen molar-refractivity contribution in [3.63, 3.8) is 0 Å². The van der Waals surface area contributed by atoms with Gasteiger partial charge in [-0.25, -0.2) is 13.2 Å². The van der Waals surface area contributed by atoms with Gasteiger partial charge in [0.15, 0.2) is 5.82 Å². The number of benzene rings is 2.